The summed E-state index contributed by atoms with van der Waals surface area (Å²) in [4.78, 5) is 13.0. The van der Waals surface area contributed by atoms with E-state index < -0.39 is 5.72 Å². The summed E-state index contributed by atoms with van der Waals surface area (Å²) >= 11 is 0. The predicted octanol–water partition coefficient (Wildman–Crippen LogP) is 1.10. The zero-order valence-electron chi connectivity index (χ0n) is 7.90. The Bertz CT molecular complexity index is 414. The Kier molecular flexibility index (Phi) is 1.72. The van der Waals surface area contributed by atoms with Crippen LogP contribution in [0.1, 0.15) is 15.9 Å². The van der Waals surface area contributed by atoms with Gasteiger partial charge in [-0.25, -0.2) is 0 Å². The number of fused-ring (bicyclic) bond motifs is 1. The maximum absolute atomic E-state index is 11.7. The zero-order chi connectivity index (χ0) is 10.3. The number of carbonyl (C=O) groups excluding carboxylic acids is 1. The molecular formula is C11H11NO2. The highest BCUT2D eigenvalue weighted by Gasteiger charge is 2.43. The van der Waals surface area contributed by atoms with Crippen LogP contribution in [0.4, 0.5) is 0 Å². The first-order chi connectivity index (χ1) is 6.61. The molecule has 1 heterocycles. The number of hydrogen-bond acceptors (Lipinski definition) is 2. The van der Waals surface area contributed by atoms with E-state index in [0.29, 0.717) is 11.1 Å². The maximum atomic E-state index is 11.7. The molecule has 72 valence electrons. The van der Waals surface area contributed by atoms with Crippen molar-refractivity contribution in [3.63, 3.8) is 0 Å². The summed E-state index contributed by atoms with van der Waals surface area (Å²) in [6, 6.07) is 7.01. The Hall–Kier alpha value is -1.61. The van der Waals surface area contributed by atoms with Gasteiger partial charge in [-0.3, -0.25) is 4.79 Å². The zero-order valence-corrected chi connectivity index (χ0v) is 7.90. The van der Waals surface area contributed by atoms with Crippen LogP contribution < -0.4 is 0 Å². The minimum absolute atomic E-state index is 0.178. The van der Waals surface area contributed by atoms with Crippen molar-refractivity contribution in [2.45, 2.75) is 5.72 Å². The molecule has 14 heavy (non-hydrogen) atoms. The van der Waals surface area contributed by atoms with Crippen molar-refractivity contribution in [3.05, 3.63) is 48.0 Å². The van der Waals surface area contributed by atoms with Crippen LogP contribution in [0.2, 0.25) is 0 Å². The Labute approximate surface area is 82.3 Å². The van der Waals surface area contributed by atoms with Gasteiger partial charge >= 0.3 is 0 Å². The van der Waals surface area contributed by atoms with Crippen LogP contribution in [0.5, 0.6) is 0 Å². The quantitative estimate of drug-likeness (QED) is 0.672. The third-order valence-corrected chi connectivity index (χ3v) is 2.65. The number of hydrogen-bond donors (Lipinski definition) is 1. The van der Waals surface area contributed by atoms with Gasteiger partial charge in [0.1, 0.15) is 0 Å². The Morgan fingerprint density at radius 1 is 1.50 bits per heavy atom. The molecule has 0 fully saturated rings. The number of nitrogens with zero attached hydrogens (tertiary/aromatic N) is 1. The molecule has 2 rings (SSSR count). The van der Waals surface area contributed by atoms with Gasteiger partial charge in [0.25, 0.3) is 5.91 Å². The van der Waals surface area contributed by atoms with Crippen LogP contribution in [0, 0.1) is 0 Å². The SMILES string of the molecule is C=CC1(O)c2ccccc2C(=O)N1C. The van der Waals surface area contributed by atoms with Gasteiger partial charge in [-0.05, 0) is 12.1 Å². The lowest BCUT2D eigenvalue weighted by Crippen LogP contribution is -2.38. The Morgan fingerprint density at radius 2 is 2.14 bits per heavy atom. The highest BCUT2D eigenvalue weighted by molar-refractivity contribution is 5.99. The number of amides is 1. The molecule has 1 atom stereocenters. The van der Waals surface area contributed by atoms with Crippen LogP contribution in [0.25, 0.3) is 0 Å². The lowest BCUT2D eigenvalue weighted by molar-refractivity contribution is -0.0302. The maximum Gasteiger partial charge on any atom is 0.256 e. The largest absolute Gasteiger partial charge is 0.363 e. The molecule has 0 saturated carbocycles. The third kappa shape index (κ3) is 0.873. The molecule has 1 unspecified atom stereocenters. The monoisotopic (exact) mass is 189 g/mol. The number of benzene rings is 1. The minimum Gasteiger partial charge on any atom is -0.363 e. The molecule has 0 aliphatic carbocycles. The van der Waals surface area contributed by atoms with E-state index in [-0.39, 0.29) is 5.91 Å². The van der Waals surface area contributed by atoms with Gasteiger partial charge in [-0.1, -0.05) is 24.8 Å². The molecule has 3 heteroatoms. The molecule has 1 amide bonds. The van der Waals surface area contributed by atoms with E-state index in [4.69, 9.17) is 0 Å². The summed E-state index contributed by atoms with van der Waals surface area (Å²) in [5.41, 5.74) is -0.215. The van der Waals surface area contributed by atoms with Gasteiger partial charge < -0.3 is 10.0 Å². The molecule has 0 radical (unpaired) electrons. The smallest absolute Gasteiger partial charge is 0.256 e. The van der Waals surface area contributed by atoms with Crippen LogP contribution >= 0.6 is 0 Å². The van der Waals surface area contributed by atoms with E-state index in [9.17, 15) is 9.90 Å². The molecular weight excluding hydrogens is 178 g/mol. The average molecular weight is 189 g/mol. The molecule has 0 aromatic heterocycles. The molecule has 0 saturated heterocycles. The second kappa shape index (κ2) is 2.69. The topological polar surface area (TPSA) is 40.5 Å². The number of likely N-dealkylation sites (N-methyl/N-ethyl adjacent to an activating group) is 1. The van der Waals surface area contributed by atoms with E-state index >= 15 is 0 Å². The van der Waals surface area contributed by atoms with Crippen LogP contribution in [0.15, 0.2) is 36.9 Å². The minimum atomic E-state index is -1.35. The lowest BCUT2D eigenvalue weighted by atomic mass is 10.0. The van der Waals surface area contributed by atoms with E-state index in [1.54, 1.807) is 31.3 Å². The molecule has 1 aromatic carbocycles. The molecule has 1 aliphatic rings. The molecule has 0 spiro atoms. The van der Waals surface area contributed by atoms with Crippen molar-refractivity contribution in [2.75, 3.05) is 7.05 Å². The summed E-state index contributed by atoms with van der Waals surface area (Å²) in [7, 11) is 1.56. The molecule has 0 bridgehead atoms. The summed E-state index contributed by atoms with van der Waals surface area (Å²) in [6.45, 7) is 3.55. The second-order valence-electron chi connectivity index (χ2n) is 3.34. The highest BCUT2D eigenvalue weighted by atomic mass is 16.3. The molecule has 1 aliphatic heterocycles. The van der Waals surface area contributed by atoms with Gasteiger partial charge in [0, 0.05) is 18.2 Å². The summed E-state index contributed by atoms with van der Waals surface area (Å²) in [6.07, 6.45) is 1.37. The number of rotatable bonds is 1. The van der Waals surface area contributed by atoms with Crippen LogP contribution in [-0.2, 0) is 5.72 Å². The second-order valence-corrected chi connectivity index (χ2v) is 3.34. The first kappa shape index (κ1) is 8.97. The van der Waals surface area contributed by atoms with Gasteiger partial charge in [-0.2, -0.15) is 0 Å². The van der Waals surface area contributed by atoms with Crippen molar-refractivity contribution in [2.24, 2.45) is 0 Å². The summed E-state index contributed by atoms with van der Waals surface area (Å²) in [5, 5.41) is 10.2. The third-order valence-electron chi connectivity index (χ3n) is 2.65. The fourth-order valence-electron chi connectivity index (χ4n) is 1.75. The van der Waals surface area contributed by atoms with Crippen molar-refractivity contribution in [3.8, 4) is 0 Å². The fraction of sp³-hybridized carbons (Fsp3) is 0.182. The molecule has 1 N–H and O–H groups in total. The lowest BCUT2D eigenvalue weighted by Gasteiger charge is -2.27. The first-order valence-electron chi connectivity index (χ1n) is 4.35. The normalized spacial score (nSPS) is 25.0. The van der Waals surface area contributed by atoms with E-state index in [1.807, 2.05) is 0 Å². The van der Waals surface area contributed by atoms with E-state index in [2.05, 4.69) is 6.58 Å². The Balaban J connectivity index is 2.70. The van der Waals surface area contributed by atoms with Crippen molar-refractivity contribution < 1.29 is 9.90 Å². The van der Waals surface area contributed by atoms with Crippen LogP contribution in [-0.4, -0.2) is 23.0 Å². The Morgan fingerprint density at radius 3 is 2.79 bits per heavy atom. The van der Waals surface area contributed by atoms with Crippen molar-refractivity contribution >= 4 is 5.91 Å². The fourth-order valence-corrected chi connectivity index (χ4v) is 1.75. The number of aliphatic hydroxyl groups is 1. The predicted molar refractivity (Wildman–Crippen MR) is 52.6 cm³/mol. The molecule has 3 nitrogen and oxygen atoms in total. The van der Waals surface area contributed by atoms with Gasteiger partial charge in [-0.15, -0.1) is 0 Å². The van der Waals surface area contributed by atoms with Crippen molar-refractivity contribution in [1.29, 1.82) is 0 Å². The average Bonchev–Trinajstić information content (AvgIpc) is 2.43. The van der Waals surface area contributed by atoms with Crippen molar-refractivity contribution in [1.82, 2.24) is 4.90 Å². The summed E-state index contributed by atoms with van der Waals surface area (Å²) < 4.78 is 0. The number of carbonyl (C=O) groups is 1. The van der Waals surface area contributed by atoms with Gasteiger partial charge in [0.05, 0.1) is 0 Å². The molecule has 1 aromatic rings. The van der Waals surface area contributed by atoms with Gasteiger partial charge in [0.2, 0.25) is 0 Å². The van der Waals surface area contributed by atoms with Crippen LogP contribution in [0.3, 0.4) is 0 Å². The standard InChI is InChI=1S/C11H11NO2/c1-3-11(14)9-7-5-4-6-8(9)10(13)12(11)2/h3-7,14H,1H2,2H3. The van der Waals surface area contributed by atoms with E-state index in [0.717, 1.165) is 0 Å². The summed E-state index contributed by atoms with van der Waals surface area (Å²) in [5.74, 6) is -0.178. The van der Waals surface area contributed by atoms with E-state index in [1.165, 1.54) is 11.0 Å². The first-order valence-corrected chi connectivity index (χ1v) is 4.35. The van der Waals surface area contributed by atoms with Gasteiger partial charge in [0.15, 0.2) is 5.72 Å². The highest BCUT2D eigenvalue weighted by Crippen LogP contribution is 2.36.